The fraction of sp³-hybridized carbons (Fsp3) is 0.571. The Labute approximate surface area is 108 Å². The molecule has 0 aliphatic heterocycles. The number of unbranched alkanes of at least 4 members (excludes halogenated alkanes) is 3. The van der Waals surface area contributed by atoms with Gasteiger partial charge in [-0.15, -0.1) is 0 Å². The van der Waals surface area contributed by atoms with Crippen molar-refractivity contribution >= 4 is 15.9 Å². The molecule has 1 nitrogen and oxygen atoms in total. The van der Waals surface area contributed by atoms with Crippen LogP contribution in [0.1, 0.15) is 51.1 Å². The Morgan fingerprint density at radius 1 is 1.19 bits per heavy atom. The summed E-state index contributed by atoms with van der Waals surface area (Å²) in [6, 6.07) is 8.85. The van der Waals surface area contributed by atoms with Crippen LogP contribution in [0.3, 0.4) is 0 Å². The van der Waals surface area contributed by atoms with E-state index in [-0.39, 0.29) is 0 Å². The van der Waals surface area contributed by atoms with Crippen LogP contribution in [-0.4, -0.2) is 6.54 Å². The molecule has 0 spiro atoms. The van der Waals surface area contributed by atoms with E-state index in [1.165, 1.54) is 35.7 Å². The average Bonchev–Trinajstić information content (AvgIpc) is 2.29. The number of benzene rings is 1. The summed E-state index contributed by atoms with van der Waals surface area (Å²) in [6.07, 6.45) is 5.28. The molecule has 0 saturated carbocycles. The smallest absolute Gasteiger partial charge is 0.0302 e. The lowest BCUT2D eigenvalue weighted by atomic mass is 10.1. The standard InChI is InChI=1S/C14H22BrN/c1-3-4-5-8-11-16-12(2)13-9-6-7-10-14(13)15/h6-7,9-10,12,16H,3-5,8,11H2,1-2H3. The first-order valence-corrected chi connectivity index (χ1v) is 7.02. The van der Waals surface area contributed by atoms with Crippen LogP contribution in [0.25, 0.3) is 0 Å². The lowest BCUT2D eigenvalue weighted by Crippen LogP contribution is -2.20. The predicted molar refractivity (Wildman–Crippen MR) is 74.7 cm³/mol. The largest absolute Gasteiger partial charge is 0.310 e. The number of nitrogens with one attached hydrogen (secondary N) is 1. The van der Waals surface area contributed by atoms with Gasteiger partial charge >= 0.3 is 0 Å². The predicted octanol–water partition coefficient (Wildman–Crippen LogP) is 4.68. The van der Waals surface area contributed by atoms with Crippen LogP contribution in [0.15, 0.2) is 28.7 Å². The molecule has 1 unspecified atom stereocenters. The van der Waals surface area contributed by atoms with Gasteiger partial charge in [-0.3, -0.25) is 0 Å². The van der Waals surface area contributed by atoms with Gasteiger partial charge in [-0.2, -0.15) is 0 Å². The zero-order valence-corrected chi connectivity index (χ0v) is 11.9. The number of hydrogen-bond donors (Lipinski definition) is 1. The Morgan fingerprint density at radius 2 is 1.94 bits per heavy atom. The molecule has 90 valence electrons. The maximum Gasteiger partial charge on any atom is 0.0302 e. The van der Waals surface area contributed by atoms with Gasteiger partial charge in [-0.1, -0.05) is 60.3 Å². The quantitative estimate of drug-likeness (QED) is 0.717. The Morgan fingerprint density at radius 3 is 2.62 bits per heavy atom. The summed E-state index contributed by atoms with van der Waals surface area (Å²) in [6.45, 7) is 5.58. The van der Waals surface area contributed by atoms with Crippen LogP contribution in [-0.2, 0) is 0 Å². The Hall–Kier alpha value is -0.340. The highest BCUT2D eigenvalue weighted by atomic mass is 79.9. The zero-order valence-electron chi connectivity index (χ0n) is 10.3. The molecule has 0 heterocycles. The average molecular weight is 284 g/mol. The van der Waals surface area contributed by atoms with Crippen LogP contribution >= 0.6 is 15.9 Å². The van der Waals surface area contributed by atoms with Crippen molar-refractivity contribution in [3.05, 3.63) is 34.3 Å². The molecule has 0 aromatic heterocycles. The van der Waals surface area contributed by atoms with Crippen molar-refractivity contribution in [2.75, 3.05) is 6.54 Å². The van der Waals surface area contributed by atoms with Crippen LogP contribution in [0.2, 0.25) is 0 Å². The van der Waals surface area contributed by atoms with Crippen molar-refractivity contribution in [2.45, 2.75) is 45.6 Å². The van der Waals surface area contributed by atoms with E-state index in [0.29, 0.717) is 6.04 Å². The van der Waals surface area contributed by atoms with Gasteiger partial charge in [-0.05, 0) is 31.5 Å². The van der Waals surface area contributed by atoms with Crippen molar-refractivity contribution in [3.63, 3.8) is 0 Å². The number of hydrogen-bond acceptors (Lipinski definition) is 1. The minimum atomic E-state index is 0.428. The molecule has 0 radical (unpaired) electrons. The minimum Gasteiger partial charge on any atom is -0.310 e. The van der Waals surface area contributed by atoms with Gasteiger partial charge in [0.2, 0.25) is 0 Å². The molecule has 1 N–H and O–H groups in total. The second-order valence-corrected chi connectivity index (χ2v) is 5.11. The molecule has 1 aromatic rings. The van der Waals surface area contributed by atoms with Crippen LogP contribution in [0, 0.1) is 0 Å². The normalized spacial score (nSPS) is 12.7. The molecule has 0 bridgehead atoms. The fourth-order valence-corrected chi connectivity index (χ4v) is 2.43. The van der Waals surface area contributed by atoms with E-state index in [4.69, 9.17) is 0 Å². The van der Waals surface area contributed by atoms with Crippen molar-refractivity contribution < 1.29 is 0 Å². The highest BCUT2D eigenvalue weighted by Gasteiger charge is 2.06. The van der Waals surface area contributed by atoms with E-state index in [1.54, 1.807) is 0 Å². The van der Waals surface area contributed by atoms with E-state index in [1.807, 2.05) is 0 Å². The highest BCUT2D eigenvalue weighted by Crippen LogP contribution is 2.22. The number of halogens is 1. The monoisotopic (exact) mass is 283 g/mol. The van der Waals surface area contributed by atoms with E-state index >= 15 is 0 Å². The topological polar surface area (TPSA) is 12.0 Å². The molecule has 0 amide bonds. The first-order valence-electron chi connectivity index (χ1n) is 6.23. The zero-order chi connectivity index (χ0) is 11.8. The van der Waals surface area contributed by atoms with Crippen molar-refractivity contribution in [1.82, 2.24) is 5.32 Å². The van der Waals surface area contributed by atoms with Gasteiger partial charge in [0.05, 0.1) is 0 Å². The molecule has 1 aromatic carbocycles. The Kier molecular flexibility index (Phi) is 6.74. The van der Waals surface area contributed by atoms with Crippen LogP contribution < -0.4 is 5.32 Å². The Bertz CT molecular complexity index is 299. The van der Waals surface area contributed by atoms with Gasteiger partial charge in [0.25, 0.3) is 0 Å². The number of rotatable bonds is 7. The third kappa shape index (κ3) is 4.67. The lowest BCUT2D eigenvalue weighted by molar-refractivity contribution is 0.535. The summed E-state index contributed by atoms with van der Waals surface area (Å²) in [7, 11) is 0. The van der Waals surface area contributed by atoms with Crippen molar-refractivity contribution in [1.29, 1.82) is 0 Å². The van der Waals surface area contributed by atoms with Gasteiger partial charge < -0.3 is 5.32 Å². The SMILES string of the molecule is CCCCCCNC(C)c1ccccc1Br. The molecule has 16 heavy (non-hydrogen) atoms. The van der Waals surface area contributed by atoms with E-state index in [0.717, 1.165) is 6.54 Å². The fourth-order valence-electron chi connectivity index (χ4n) is 1.81. The highest BCUT2D eigenvalue weighted by molar-refractivity contribution is 9.10. The molecular formula is C14H22BrN. The lowest BCUT2D eigenvalue weighted by Gasteiger charge is -2.15. The second kappa shape index (κ2) is 7.86. The van der Waals surface area contributed by atoms with Crippen molar-refractivity contribution in [3.8, 4) is 0 Å². The van der Waals surface area contributed by atoms with E-state index in [9.17, 15) is 0 Å². The van der Waals surface area contributed by atoms with Gasteiger partial charge in [-0.25, -0.2) is 0 Å². The maximum absolute atomic E-state index is 3.59. The van der Waals surface area contributed by atoms with Gasteiger partial charge in [0, 0.05) is 10.5 Å². The summed E-state index contributed by atoms with van der Waals surface area (Å²) >= 11 is 3.59. The van der Waals surface area contributed by atoms with Crippen LogP contribution in [0.5, 0.6) is 0 Å². The molecule has 1 rings (SSSR count). The first kappa shape index (κ1) is 13.7. The van der Waals surface area contributed by atoms with Gasteiger partial charge in [0.1, 0.15) is 0 Å². The summed E-state index contributed by atoms with van der Waals surface area (Å²) in [5, 5.41) is 3.57. The molecule has 0 fully saturated rings. The summed E-state index contributed by atoms with van der Waals surface area (Å²) in [4.78, 5) is 0. The molecule has 0 aliphatic carbocycles. The molecule has 1 atom stereocenters. The third-order valence-corrected chi connectivity index (χ3v) is 3.57. The first-order chi connectivity index (χ1) is 7.75. The van der Waals surface area contributed by atoms with Gasteiger partial charge in [0.15, 0.2) is 0 Å². The third-order valence-electron chi connectivity index (χ3n) is 2.85. The molecular weight excluding hydrogens is 262 g/mol. The summed E-state index contributed by atoms with van der Waals surface area (Å²) < 4.78 is 1.20. The minimum absolute atomic E-state index is 0.428. The molecule has 0 saturated heterocycles. The van der Waals surface area contributed by atoms with E-state index < -0.39 is 0 Å². The summed E-state index contributed by atoms with van der Waals surface area (Å²) in [5.74, 6) is 0. The van der Waals surface area contributed by atoms with E-state index in [2.05, 4.69) is 59.4 Å². The second-order valence-electron chi connectivity index (χ2n) is 4.26. The molecule has 0 aliphatic rings. The molecule has 2 heteroatoms. The maximum atomic E-state index is 3.59. The van der Waals surface area contributed by atoms with Crippen LogP contribution in [0.4, 0.5) is 0 Å². The van der Waals surface area contributed by atoms with Crippen molar-refractivity contribution in [2.24, 2.45) is 0 Å². The summed E-state index contributed by atoms with van der Waals surface area (Å²) in [5.41, 5.74) is 1.35. The Balaban J connectivity index is 2.30.